The molecule has 0 aliphatic carbocycles. The summed E-state index contributed by atoms with van der Waals surface area (Å²) >= 11 is 12.5. The number of halogens is 3. The van der Waals surface area contributed by atoms with Gasteiger partial charge in [0.25, 0.3) is 0 Å². The summed E-state index contributed by atoms with van der Waals surface area (Å²) in [6.07, 6.45) is 0.713. The Hall–Kier alpha value is -0.650. The van der Waals surface area contributed by atoms with Crippen LogP contribution in [0.2, 0.25) is 0 Å². The third kappa shape index (κ3) is 3.58. The van der Waals surface area contributed by atoms with Gasteiger partial charge in [-0.25, -0.2) is 0 Å². The third-order valence-corrected chi connectivity index (χ3v) is 5.12. The van der Waals surface area contributed by atoms with E-state index in [4.69, 9.17) is 16.6 Å². The second-order valence-electron chi connectivity index (χ2n) is 4.83. The number of benzene rings is 2. The van der Waals surface area contributed by atoms with Crippen molar-refractivity contribution in [3.8, 4) is 0 Å². The van der Waals surface area contributed by atoms with Crippen LogP contribution in [0.4, 0.5) is 0 Å². The lowest BCUT2D eigenvalue weighted by Crippen LogP contribution is -2.00. The standard InChI is InChI=1S/C17H12BrClIN/c18-15-8-6-12(20)9-14(15)16(19)10-13-7-5-11-3-1-2-4-17(11)21-13/h1-9,16H,10H2. The first-order chi connectivity index (χ1) is 10.1. The molecule has 1 unspecified atom stereocenters. The van der Waals surface area contributed by atoms with Gasteiger partial charge in [0.1, 0.15) is 0 Å². The molecule has 106 valence electrons. The first-order valence-corrected chi connectivity index (χ1v) is 8.88. The Kier molecular flexibility index (Phi) is 4.82. The van der Waals surface area contributed by atoms with Crippen LogP contribution in [0.3, 0.4) is 0 Å². The highest BCUT2D eigenvalue weighted by Crippen LogP contribution is 2.32. The van der Waals surface area contributed by atoms with Gasteiger partial charge in [-0.2, -0.15) is 0 Å². The Morgan fingerprint density at radius 3 is 2.76 bits per heavy atom. The summed E-state index contributed by atoms with van der Waals surface area (Å²) < 4.78 is 2.23. The zero-order valence-corrected chi connectivity index (χ0v) is 15.6. The van der Waals surface area contributed by atoms with Gasteiger partial charge in [-0.1, -0.05) is 40.2 Å². The van der Waals surface area contributed by atoms with Crippen molar-refractivity contribution in [3.05, 3.63) is 73.9 Å². The van der Waals surface area contributed by atoms with Crippen LogP contribution in [0, 0.1) is 3.57 Å². The molecular weight excluding hydrogens is 460 g/mol. The Bertz CT molecular complexity index is 791. The number of fused-ring (bicyclic) bond motifs is 1. The van der Waals surface area contributed by atoms with Crippen LogP contribution in [0.15, 0.2) is 59.1 Å². The summed E-state index contributed by atoms with van der Waals surface area (Å²) in [6.45, 7) is 0. The molecule has 0 fully saturated rings. The Morgan fingerprint density at radius 2 is 1.90 bits per heavy atom. The minimum absolute atomic E-state index is 0.0947. The van der Waals surface area contributed by atoms with Gasteiger partial charge in [0.05, 0.1) is 10.9 Å². The molecule has 0 spiro atoms. The van der Waals surface area contributed by atoms with Crippen LogP contribution in [-0.4, -0.2) is 4.98 Å². The summed E-state index contributed by atoms with van der Waals surface area (Å²) in [4.78, 5) is 4.69. The molecule has 1 heterocycles. The van der Waals surface area contributed by atoms with Gasteiger partial charge in [-0.05, 0) is 58.5 Å². The number of aromatic nitrogens is 1. The average Bonchev–Trinajstić information content (AvgIpc) is 2.49. The maximum atomic E-state index is 6.60. The molecule has 1 atom stereocenters. The third-order valence-electron chi connectivity index (χ3n) is 3.34. The molecule has 0 N–H and O–H groups in total. The predicted molar refractivity (Wildman–Crippen MR) is 101 cm³/mol. The Morgan fingerprint density at radius 1 is 1.10 bits per heavy atom. The van der Waals surface area contributed by atoms with E-state index in [-0.39, 0.29) is 5.38 Å². The highest BCUT2D eigenvalue weighted by Gasteiger charge is 2.14. The molecule has 0 radical (unpaired) electrons. The molecule has 0 saturated carbocycles. The lowest BCUT2D eigenvalue weighted by molar-refractivity contribution is 0.883. The number of para-hydroxylation sites is 1. The van der Waals surface area contributed by atoms with Crippen molar-refractivity contribution in [2.24, 2.45) is 0 Å². The van der Waals surface area contributed by atoms with Crippen LogP contribution in [0.25, 0.3) is 10.9 Å². The van der Waals surface area contributed by atoms with Crippen LogP contribution in [0.1, 0.15) is 16.6 Å². The van der Waals surface area contributed by atoms with Crippen molar-refractivity contribution < 1.29 is 0 Å². The van der Waals surface area contributed by atoms with Gasteiger partial charge < -0.3 is 0 Å². The topological polar surface area (TPSA) is 12.9 Å². The fourth-order valence-electron chi connectivity index (χ4n) is 2.27. The number of rotatable bonds is 3. The predicted octanol–water partition coefficient (Wildman–Crippen LogP) is 6.12. The fourth-order valence-corrected chi connectivity index (χ4v) is 3.78. The minimum Gasteiger partial charge on any atom is -0.253 e. The summed E-state index contributed by atoms with van der Waals surface area (Å²) in [5.41, 5.74) is 3.14. The highest BCUT2D eigenvalue weighted by molar-refractivity contribution is 14.1. The molecular formula is C17H12BrClIN. The van der Waals surface area contributed by atoms with E-state index in [1.54, 1.807) is 0 Å². The van der Waals surface area contributed by atoms with Gasteiger partial charge in [0.2, 0.25) is 0 Å². The monoisotopic (exact) mass is 471 g/mol. The molecule has 4 heteroatoms. The van der Waals surface area contributed by atoms with Crippen LogP contribution in [-0.2, 0) is 6.42 Å². The number of nitrogens with zero attached hydrogens (tertiary/aromatic N) is 1. The van der Waals surface area contributed by atoms with Crippen molar-refractivity contribution >= 4 is 61.0 Å². The van der Waals surface area contributed by atoms with Crippen molar-refractivity contribution in [1.29, 1.82) is 0 Å². The van der Waals surface area contributed by atoms with Crippen LogP contribution >= 0.6 is 50.1 Å². The van der Waals surface area contributed by atoms with E-state index in [1.807, 2.05) is 24.3 Å². The number of hydrogen-bond acceptors (Lipinski definition) is 1. The fraction of sp³-hybridized carbons (Fsp3) is 0.118. The molecule has 0 amide bonds. The molecule has 3 aromatic rings. The maximum Gasteiger partial charge on any atom is 0.0705 e. The van der Waals surface area contributed by atoms with Crippen molar-refractivity contribution in [2.75, 3.05) is 0 Å². The molecule has 1 nitrogen and oxygen atoms in total. The first kappa shape index (κ1) is 15.3. The zero-order valence-electron chi connectivity index (χ0n) is 11.1. The minimum atomic E-state index is -0.0947. The van der Waals surface area contributed by atoms with Crippen molar-refractivity contribution in [2.45, 2.75) is 11.8 Å². The van der Waals surface area contributed by atoms with E-state index in [0.717, 1.165) is 26.6 Å². The molecule has 2 aromatic carbocycles. The van der Waals surface area contributed by atoms with E-state index >= 15 is 0 Å². The van der Waals surface area contributed by atoms with E-state index in [0.29, 0.717) is 6.42 Å². The smallest absolute Gasteiger partial charge is 0.0705 e. The van der Waals surface area contributed by atoms with Gasteiger partial charge in [-0.3, -0.25) is 4.98 Å². The van der Waals surface area contributed by atoms with E-state index in [9.17, 15) is 0 Å². The number of alkyl halides is 1. The van der Waals surface area contributed by atoms with E-state index in [2.05, 4.69) is 68.9 Å². The van der Waals surface area contributed by atoms with Gasteiger partial charge in [-0.15, -0.1) is 11.6 Å². The largest absolute Gasteiger partial charge is 0.253 e. The molecule has 21 heavy (non-hydrogen) atoms. The highest BCUT2D eigenvalue weighted by atomic mass is 127. The lowest BCUT2D eigenvalue weighted by Gasteiger charge is -2.12. The molecule has 3 rings (SSSR count). The Labute approximate surface area is 151 Å². The maximum absolute atomic E-state index is 6.60. The average molecular weight is 473 g/mol. The van der Waals surface area contributed by atoms with Gasteiger partial charge in [0.15, 0.2) is 0 Å². The van der Waals surface area contributed by atoms with Crippen molar-refractivity contribution in [3.63, 3.8) is 0 Å². The second kappa shape index (κ2) is 6.63. The number of hydrogen-bond donors (Lipinski definition) is 0. The SMILES string of the molecule is ClC(Cc1ccc2ccccc2n1)c1cc(I)ccc1Br. The van der Waals surface area contributed by atoms with Crippen LogP contribution in [0.5, 0.6) is 0 Å². The molecule has 0 aliphatic heterocycles. The Balaban J connectivity index is 1.88. The molecule has 0 saturated heterocycles. The zero-order chi connectivity index (χ0) is 14.8. The van der Waals surface area contributed by atoms with Gasteiger partial charge >= 0.3 is 0 Å². The molecule has 0 bridgehead atoms. The summed E-state index contributed by atoms with van der Waals surface area (Å²) in [5.74, 6) is 0. The van der Waals surface area contributed by atoms with Crippen molar-refractivity contribution in [1.82, 2.24) is 4.98 Å². The summed E-state index contributed by atoms with van der Waals surface area (Å²) in [5, 5.41) is 1.06. The summed E-state index contributed by atoms with van der Waals surface area (Å²) in [6, 6.07) is 18.5. The van der Waals surface area contributed by atoms with Crippen LogP contribution < -0.4 is 0 Å². The normalized spacial score (nSPS) is 12.5. The van der Waals surface area contributed by atoms with E-state index in [1.165, 1.54) is 3.57 Å². The lowest BCUT2D eigenvalue weighted by atomic mass is 10.1. The number of pyridine rings is 1. The van der Waals surface area contributed by atoms with Gasteiger partial charge in [0, 0.05) is 25.5 Å². The molecule has 1 aromatic heterocycles. The molecule has 0 aliphatic rings. The van der Waals surface area contributed by atoms with E-state index < -0.39 is 0 Å². The first-order valence-electron chi connectivity index (χ1n) is 6.57. The summed E-state index contributed by atoms with van der Waals surface area (Å²) in [7, 11) is 0. The second-order valence-corrected chi connectivity index (χ2v) is 7.46. The quantitative estimate of drug-likeness (QED) is 0.330.